The number of hydrogen-bond acceptors (Lipinski definition) is 4. The van der Waals surface area contributed by atoms with Crippen LogP contribution in [0.15, 0.2) is 35.1 Å². The topological polar surface area (TPSA) is 93.7 Å². The summed E-state index contributed by atoms with van der Waals surface area (Å²) in [6.07, 6.45) is 0. The van der Waals surface area contributed by atoms with Crippen molar-refractivity contribution in [1.82, 2.24) is 14.8 Å². The molecule has 0 radical (unpaired) electrons. The number of carbonyl (C=O) groups excluding carboxylic acids is 1. The third-order valence-corrected chi connectivity index (χ3v) is 4.13. The fourth-order valence-corrected chi connectivity index (χ4v) is 3.06. The molecule has 7 nitrogen and oxygen atoms in total. The Morgan fingerprint density at radius 2 is 1.92 bits per heavy atom. The molecule has 7 heteroatoms. The van der Waals surface area contributed by atoms with Gasteiger partial charge in [-0.3, -0.25) is 19.3 Å². The first-order valence-corrected chi connectivity index (χ1v) is 8.17. The lowest BCUT2D eigenvalue weighted by Crippen LogP contribution is -2.28. The van der Waals surface area contributed by atoms with E-state index in [-0.39, 0.29) is 17.8 Å². The summed E-state index contributed by atoms with van der Waals surface area (Å²) < 4.78 is 0. The summed E-state index contributed by atoms with van der Waals surface area (Å²) in [6.45, 7) is 3.97. The maximum atomic E-state index is 12.5. The number of nitrogens with one attached hydrogen (secondary N) is 1. The molecule has 2 aromatic rings. The fraction of sp³-hybridized carbons (Fsp3) is 0.316. The zero-order valence-electron chi connectivity index (χ0n) is 15.2. The van der Waals surface area contributed by atoms with Gasteiger partial charge in [-0.05, 0) is 30.7 Å². The predicted octanol–water partition coefficient (Wildman–Crippen LogP) is 1.60. The van der Waals surface area contributed by atoms with E-state index < -0.39 is 0 Å². The average molecular weight is 357 g/mol. The largest absolute Gasteiger partial charge is 0.483 e. The molecule has 26 heavy (non-hydrogen) atoms. The molecule has 2 N–H and O–H groups in total. The van der Waals surface area contributed by atoms with Gasteiger partial charge in [-0.2, -0.15) is 0 Å². The van der Waals surface area contributed by atoms with Gasteiger partial charge in [0.1, 0.15) is 5.69 Å². The fourth-order valence-electron chi connectivity index (χ4n) is 3.06. The minimum Gasteiger partial charge on any atom is -0.483 e. The number of rotatable bonds is 3. The molecular weight excluding hydrogens is 334 g/mol. The lowest BCUT2D eigenvalue weighted by atomic mass is 10.1. The quantitative estimate of drug-likeness (QED) is 0.814. The van der Waals surface area contributed by atoms with Crippen LogP contribution in [-0.4, -0.2) is 46.4 Å². The molecule has 1 amide bonds. The molecule has 1 aliphatic rings. The number of aromatic amines is 1. The second-order valence-electron chi connectivity index (χ2n) is 6.45. The Kier molecular flexibility index (Phi) is 6.30. The molecule has 0 unspecified atom stereocenters. The Labute approximate surface area is 151 Å². The molecule has 0 fully saturated rings. The first kappa shape index (κ1) is 19.4. The van der Waals surface area contributed by atoms with Crippen LogP contribution in [0.2, 0.25) is 0 Å². The zero-order valence-corrected chi connectivity index (χ0v) is 15.2. The number of carboxylic acid groups (broad SMARTS) is 1. The van der Waals surface area contributed by atoms with Crippen molar-refractivity contribution in [1.29, 1.82) is 0 Å². The number of aryl methyl sites for hydroxylation is 1. The van der Waals surface area contributed by atoms with E-state index in [1.54, 1.807) is 18.9 Å². The number of benzene rings is 1. The van der Waals surface area contributed by atoms with Crippen LogP contribution in [0.5, 0.6) is 0 Å². The van der Waals surface area contributed by atoms with Crippen molar-refractivity contribution in [2.24, 2.45) is 0 Å². The Hall–Kier alpha value is -2.93. The molecule has 0 bridgehead atoms. The Bertz CT molecular complexity index is 860. The molecule has 1 aromatic heterocycles. The highest BCUT2D eigenvalue weighted by atomic mass is 16.3. The van der Waals surface area contributed by atoms with E-state index in [2.05, 4.69) is 35.1 Å². The Balaban J connectivity index is 0.000000758. The highest BCUT2D eigenvalue weighted by Gasteiger charge is 2.17. The Morgan fingerprint density at radius 3 is 2.58 bits per heavy atom. The van der Waals surface area contributed by atoms with Crippen LogP contribution in [0, 0.1) is 6.92 Å². The number of fused-ring (bicyclic) bond motifs is 1. The van der Waals surface area contributed by atoms with Gasteiger partial charge in [-0.1, -0.05) is 18.2 Å². The van der Waals surface area contributed by atoms with Gasteiger partial charge >= 0.3 is 0 Å². The van der Waals surface area contributed by atoms with Gasteiger partial charge in [0.2, 0.25) is 0 Å². The molecule has 3 rings (SSSR count). The number of carbonyl (C=O) groups is 2. The second kappa shape index (κ2) is 8.44. The number of H-pyrrole nitrogens is 1. The van der Waals surface area contributed by atoms with Gasteiger partial charge in [0.05, 0.1) is 0 Å². The molecule has 1 aromatic carbocycles. The smallest absolute Gasteiger partial charge is 0.290 e. The van der Waals surface area contributed by atoms with E-state index in [4.69, 9.17) is 9.90 Å². The third-order valence-electron chi connectivity index (χ3n) is 4.13. The predicted molar refractivity (Wildman–Crippen MR) is 97.9 cm³/mol. The van der Waals surface area contributed by atoms with Crippen LogP contribution in [0.25, 0.3) is 0 Å². The molecule has 0 spiro atoms. The van der Waals surface area contributed by atoms with Crippen LogP contribution in [0.3, 0.4) is 0 Å². The summed E-state index contributed by atoms with van der Waals surface area (Å²) >= 11 is 0. The summed E-state index contributed by atoms with van der Waals surface area (Å²) in [6, 6.07) is 9.21. The molecule has 0 saturated heterocycles. The SMILES string of the molecule is Cc1cc(=O)cc(C(=O)N(C)Cc2ccc3c(c2)CN(C)C3)[nH]1.O=CO. The van der Waals surface area contributed by atoms with Crippen molar-refractivity contribution >= 4 is 12.4 Å². The second-order valence-corrected chi connectivity index (χ2v) is 6.45. The van der Waals surface area contributed by atoms with Gasteiger partial charge in [0, 0.05) is 44.5 Å². The van der Waals surface area contributed by atoms with Gasteiger partial charge < -0.3 is 15.0 Å². The first-order chi connectivity index (χ1) is 12.3. The summed E-state index contributed by atoms with van der Waals surface area (Å²) in [4.78, 5) is 39.3. The van der Waals surface area contributed by atoms with E-state index in [1.165, 1.54) is 23.3 Å². The van der Waals surface area contributed by atoms with Gasteiger partial charge in [-0.15, -0.1) is 0 Å². The molecule has 2 heterocycles. The van der Waals surface area contributed by atoms with Gasteiger partial charge in [-0.25, -0.2) is 0 Å². The summed E-state index contributed by atoms with van der Waals surface area (Å²) in [5.41, 5.74) is 4.65. The van der Waals surface area contributed by atoms with E-state index in [0.717, 1.165) is 18.7 Å². The molecule has 138 valence electrons. The van der Waals surface area contributed by atoms with Crippen LogP contribution >= 0.6 is 0 Å². The maximum absolute atomic E-state index is 12.5. The van der Waals surface area contributed by atoms with Crippen LogP contribution in [0.1, 0.15) is 32.9 Å². The molecule has 1 aliphatic heterocycles. The average Bonchev–Trinajstić information content (AvgIpc) is 2.93. The van der Waals surface area contributed by atoms with Crippen molar-refractivity contribution < 1.29 is 14.7 Å². The number of amides is 1. The van der Waals surface area contributed by atoms with Gasteiger partial charge in [0.25, 0.3) is 12.4 Å². The highest BCUT2D eigenvalue weighted by molar-refractivity contribution is 5.92. The van der Waals surface area contributed by atoms with E-state index in [0.29, 0.717) is 17.9 Å². The monoisotopic (exact) mass is 357 g/mol. The molecular formula is C19H23N3O4. The lowest BCUT2D eigenvalue weighted by Gasteiger charge is -2.18. The normalized spacial score (nSPS) is 12.7. The van der Waals surface area contributed by atoms with Crippen molar-refractivity contribution in [3.8, 4) is 0 Å². The Morgan fingerprint density at radius 1 is 1.27 bits per heavy atom. The van der Waals surface area contributed by atoms with E-state index in [1.807, 2.05) is 0 Å². The van der Waals surface area contributed by atoms with Crippen molar-refractivity contribution in [3.05, 3.63) is 68.6 Å². The summed E-state index contributed by atoms with van der Waals surface area (Å²) in [5, 5.41) is 6.89. The van der Waals surface area contributed by atoms with Crippen LogP contribution in [-0.2, 0) is 24.4 Å². The molecule has 0 aliphatic carbocycles. The van der Waals surface area contributed by atoms with Crippen molar-refractivity contribution in [2.75, 3.05) is 14.1 Å². The van der Waals surface area contributed by atoms with Crippen molar-refractivity contribution in [2.45, 2.75) is 26.6 Å². The number of aromatic nitrogens is 1. The minimum absolute atomic E-state index is 0.154. The van der Waals surface area contributed by atoms with Crippen LogP contribution in [0.4, 0.5) is 0 Å². The highest BCUT2D eigenvalue weighted by Crippen LogP contribution is 2.23. The van der Waals surface area contributed by atoms with Crippen LogP contribution < -0.4 is 5.43 Å². The first-order valence-electron chi connectivity index (χ1n) is 8.17. The maximum Gasteiger partial charge on any atom is 0.290 e. The van der Waals surface area contributed by atoms with E-state index in [9.17, 15) is 9.59 Å². The molecule has 0 atom stereocenters. The minimum atomic E-state index is -0.250. The number of nitrogens with zero attached hydrogens (tertiary/aromatic N) is 2. The van der Waals surface area contributed by atoms with Gasteiger partial charge in [0.15, 0.2) is 5.43 Å². The third kappa shape index (κ3) is 4.80. The van der Waals surface area contributed by atoms with Crippen molar-refractivity contribution in [3.63, 3.8) is 0 Å². The zero-order chi connectivity index (χ0) is 19.3. The van der Waals surface area contributed by atoms with E-state index >= 15 is 0 Å². The number of hydrogen-bond donors (Lipinski definition) is 2. The summed E-state index contributed by atoms with van der Waals surface area (Å²) in [7, 11) is 3.85. The summed E-state index contributed by atoms with van der Waals surface area (Å²) in [5.74, 6) is -0.177. The molecule has 0 saturated carbocycles. The lowest BCUT2D eigenvalue weighted by molar-refractivity contribution is -0.122. The number of pyridine rings is 1. The standard InChI is InChI=1S/C18H21N3O2.CH2O2/c1-12-6-16(22)8-17(19-12)18(23)21(3)9-13-4-5-14-10-20(2)11-15(14)7-13;2-1-3/h4-8H,9-11H2,1-3H3,(H,19,22);1H,(H,2,3).